The molecule has 0 amide bonds. The summed E-state index contributed by atoms with van der Waals surface area (Å²) in [6.07, 6.45) is 2.53. The van der Waals surface area contributed by atoms with E-state index in [2.05, 4.69) is 16.7 Å². The second-order valence-corrected chi connectivity index (χ2v) is 6.80. The third kappa shape index (κ3) is 2.57. The van der Waals surface area contributed by atoms with E-state index in [9.17, 15) is 4.79 Å². The Hall–Kier alpha value is -2.66. The molecule has 4 nitrogen and oxygen atoms in total. The van der Waals surface area contributed by atoms with Crippen molar-refractivity contribution in [1.29, 1.82) is 0 Å². The number of fused-ring (bicyclic) bond motifs is 3. The van der Waals surface area contributed by atoms with Crippen LogP contribution in [0.4, 0.5) is 0 Å². The van der Waals surface area contributed by atoms with Crippen LogP contribution in [-0.2, 0) is 11.2 Å². The first-order chi connectivity index (χ1) is 11.6. The number of rotatable bonds is 4. The maximum atomic E-state index is 11.2. The summed E-state index contributed by atoms with van der Waals surface area (Å²) in [5.41, 5.74) is 4.15. The van der Waals surface area contributed by atoms with Gasteiger partial charge in [-0.05, 0) is 30.7 Å². The number of nitrogens with zero attached hydrogens (tertiary/aromatic N) is 2. The summed E-state index contributed by atoms with van der Waals surface area (Å²) >= 11 is 1.65. The average molecular weight is 336 g/mol. The molecule has 0 aliphatic carbocycles. The number of thiazole rings is 1. The molecule has 4 rings (SSSR count). The molecule has 0 saturated heterocycles. The Labute approximate surface area is 143 Å². The van der Waals surface area contributed by atoms with Gasteiger partial charge in [0.1, 0.15) is 11.5 Å². The van der Waals surface area contributed by atoms with Crippen LogP contribution in [0, 0.1) is 0 Å². The van der Waals surface area contributed by atoms with Crippen LogP contribution in [0.25, 0.3) is 26.4 Å². The fourth-order valence-electron chi connectivity index (χ4n) is 2.83. The summed E-state index contributed by atoms with van der Waals surface area (Å²) < 4.78 is 8.54. The van der Waals surface area contributed by atoms with Crippen LogP contribution in [0.1, 0.15) is 12.5 Å². The van der Waals surface area contributed by atoms with Gasteiger partial charge in [-0.25, -0.2) is 4.98 Å². The lowest BCUT2D eigenvalue weighted by molar-refractivity contribution is -0.116. The van der Waals surface area contributed by atoms with E-state index in [-0.39, 0.29) is 5.78 Å². The summed E-state index contributed by atoms with van der Waals surface area (Å²) in [5.74, 6) is 1.03. The summed E-state index contributed by atoms with van der Waals surface area (Å²) in [4.78, 5) is 16.9. The van der Waals surface area contributed by atoms with Gasteiger partial charge in [0.25, 0.3) is 0 Å². The molecule has 2 heterocycles. The zero-order chi connectivity index (χ0) is 16.7. The number of hydrogen-bond donors (Lipinski definition) is 0. The van der Waals surface area contributed by atoms with Crippen molar-refractivity contribution in [3.8, 4) is 17.0 Å². The van der Waals surface area contributed by atoms with Gasteiger partial charge in [0.2, 0.25) is 0 Å². The molecule has 24 heavy (non-hydrogen) atoms. The number of imidazole rings is 1. The zero-order valence-electron chi connectivity index (χ0n) is 13.4. The maximum Gasteiger partial charge on any atom is 0.195 e. The quantitative estimate of drug-likeness (QED) is 0.556. The van der Waals surface area contributed by atoms with Gasteiger partial charge >= 0.3 is 0 Å². The van der Waals surface area contributed by atoms with E-state index >= 15 is 0 Å². The highest BCUT2D eigenvalue weighted by molar-refractivity contribution is 7.23. The molecule has 0 aliphatic rings. The van der Waals surface area contributed by atoms with Crippen molar-refractivity contribution in [3.63, 3.8) is 0 Å². The lowest BCUT2D eigenvalue weighted by atomic mass is 10.1. The van der Waals surface area contributed by atoms with E-state index in [0.717, 1.165) is 37.7 Å². The average Bonchev–Trinajstić information content (AvgIpc) is 3.12. The molecule has 0 unspecified atom stereocenters. The number of methoxy groups -OCH3 is 1. The number of carbonyl (C=O) groups is 1. The Bertz CT molecular complexity index is 1040. The van der Waals surface area contributed by atoms with Gasteiger partial charge < -0.3 is 4.74 Å². The Morgan fingerprint density at radius 3 is 2.71 bits per heavy atom. The molecule has 0 N–H and O–H groups in total. The second kappa shape index (κ2) is 5.76. The Balaban J connectivity index is 1.73. The molecule has 5 heteroatoms. The molecule has 0 aliphatic heterocycles. The molecule has 0 fully saturated rings. The highest BCUT2D eigenvalue weighted by Crippen LogP contribution is 2.31. The summed E-state index contributed by atoms with van der Waals surface area (Å²) in [6.45, 7) is 1.61. The number of hydrogen-bond acceptors (Lipinski definition) is 4. The normalized spacial score (nSPS) is 11.2. The van der Waals surface area contributed by atoms with Crippen LogP contribution in [0.2, 0.25) is 0 Å². The number of carbonyl (C=O) groups excluding carboxylic acids is 1. The van der Waals surface area contributed by atoms with E-state index < -0.39 is 0 Å². The summed E-state index contributed by atoms with van der Waals surface area (Å²) in [7, 11) is 1.67. The highest BCUT2D eigenvalue weighted by atomic mass is 32.1. The van der Waals surface area contributed by atoms with Gasteiger partial charge in [0.05, 0.1) is 23.0 Å². The summed E-state index contributed by atoms with van der Waals surface area (Å²) in [5, 5.41) is 0. The Kier molecular flexibility index (Phi) is 3.58. The maximum absolute atomic E-state index is 11.2. The van der Waals surface area contributed by atoms with Gasteiger partial charge in [0, 0.05) is 18.2 Å². The molecule has 0 radical (unpaired) electrons. The van der Waals surface area contributed by atoms with Crippen molar-refractivity contribution < 1.29 is 9.53 Å². The SMILES string of the molecule is COc1ccc2c(c1)sc1nc(-c3ccc(CC(C)=O)cc3)cn12. The van der Waals surface area contributed by atoms with Crippen molar-refractivity contribution >= 4 is 32.3 Å². The molecule has 120 valence electrons. The van der Waals surface area contributed by atoms with E-state index in [0.29, 0.717) is 6.42 Å². The van der Waals surface area contributed by atoms with Gasteiger partial charge in [0.15, 0.2) is 4.96 Å². The van der Waals surface area contributed by atoms with Crippen molar-refractivity contribution in [2.75, 3.05) is 7.11 Å². The molecule has 0 saturated carbocycles. The van der Waals surface area contributed by atoms with Crippen molar-refractivity contribution in [2.24, 2.45) is 0 Å². The molecule has 2 aromatic heterocycles. The van der Waals surface area contributed by atoms with Crippen LogP contribution in [0.15, 0.2) is 48.7 Å². The smallest absolute Gasteiger partial charge is 0.195 e. The van der Waals surface area contributed by atoms with E-state index in [1.807, 2.05) is 36.4 Å². The van der Waals surface area contributed by atoms with Gasteiger partial charge in [-0.1, -0.05) is 35.6 Å². The number of ether oxygens (including phenoxy) is 1. The summed E-state index contributed by atoms with van der Waals surface area (Å²) in [6, 6.07) is 14.1. The van der Waals surface area contributed by atoms with E-state index in [4.69, 9.17) is 9.72 Å². The molecule has 0 atom stereocenters. The number of benzene rings is 2. The molecule has 4 aromatic rings. The molecular weight excluding hydrogens is 320 g/mol. The number of ketones is 1. The van der Waals surface area contributed by atoms with Crippen molar-refractivity contribution in [3.05, 3.63) is 54.2 Å². The lowest BCUT2D eigenvalue weighted by Gasteiger charge is -2.00. The molecule has 0 bridgehead atoms. The first-order valence-corrected chi connectivity index (χ1v) is 8.50. The van der Waals surface area contributed by atoms with Crippen LogP contribution in [-0.4, -0.2) is 22.3 Å². The van der Waals surface area contributed by atoms with Gasteiger partial charge in [-0.3, -0.25) is 9.20 Å². The fourth-order valence-corrected chi connectivity index (χ4v) is 3.86. The fraction of sp³-hybridized carbons (Fsp3) is 0.158. The van der Waals surface area contributed by atoms with Crippen LogP contribution in [0.3, 0.4) is 0 Å². The third-order valence-corrected chi connectivity index (χ3v) is 5.02. The molecular formula is C19H16N2O2S. The number of aromatic nitrogens is 2. The Morgan fingerprint density at radius 1 is 1.21 bits per heavy atom. The predicted octanol–water partition coefficient (Wildman–Crippen LogP) is 4.36. The zero-order valence-corrected chi connectivity index (χ0v) is 14.3. The predicted molar refractivity (Wildman–Crippen MR) is 96.9 cm³/mol. The monoisotopic (exact) mass is 336 g/mol. The van der Waals surface area contributed by atoms with Crippen molar-refractivity contribution in [1.82, 2.24) is 9.38 Å². The second-order valence-electron chi connectivity index (χ2n) is 5.79. The molecule has 0 spiro atoms. The standard InChI is InChI=1S/C19H16N2O2S/c1-12(22)9-13-3-5-14(6-4-13)16-11-21-17-8-7-15(23-2)10-18(17)24-19(21)20-16/h3-8,10-11H,9H2,1-2H3. The molecule has 2 aromatic carbocycles. The third-order valence-electron chi connectivity index (χ3n) is 4.00. The topological polar surface area (TPSA) is 43.6 Å². The van der Waals surface area contributed by atoms with E-state index in [1.54, 1.807) is 25.4 Å². The highest BCUT2D eigenvalue weighted by Gasteiger charge is 2.11. The minimum Gasteiger partial charge on any atom is -0.497 e. The minimum atomic E-state index is 0.173. The van der Waals surface area contributed by atoms with Crippen LogP contribution < -0.4 is 4.74 Å². The van der Waals surface area contributed by atoms with Gasteiger partial charge in [-0.2, -0.15) is 0 Å². The minimum absolute atomic E-state index is 0.173. The largest absolute Gasteiger partial charge is 0.497 e. The van der Waals surface area contributed by atoms with Gasteiger partial charge in [-0.15, -0.1) is 0 Å². The van der Waals surface area contributed by atoms with Crippen LogP contribution in [0.5, 0.6) is 5.75 Å². The Morgan fingerprint density at radius 2 is 2.00 bits per heavy atom. The first-order valence-electron chi connectivity index (χ1n) is 7.68. The first kappa shape index (κ1) is 14.9. The van der Waals surface area contributed by atoms with Crippen molar-refractivity contribution in [2.45, 2.75) is 13.3 Å². The lowest BCUT2D eigenvalue weighted by Crippen LogP contribution is -1.95. The van der Waals surface area contributed by atoms with E-state index in [1.165, 1.54) is 0 Å². The van der Waals surface area contributed by atoms with Crippen LogP contribution >= 0.6 is 11.3 Å². The number of Topliss-reactive ketones (excluding diaryl/α,β-unsaturated/α-hetero) is 1.